The molecule has 10 heteroatoms. The van der Waals surface area contributed by atoms with Crippen LogP contribution in [0, 0.1) is 6.92 Å². The predicted octanol–water partition coefficient (Wildman–Crippen LogP) is 3.80. The smallest absolute Gasteiger partial charge is 0.276 e. The minimum absolute atomic E-state index is 0.0199. The summed E-state index contributed by atoms with van der Waals surface area (Å²) in [6.07, 6.45) is 3.06. The average molecular weight is 522 g/mol. The summed E-state index contributed by atoms with van der Waals surface area (Å²) in [7, 11) is 1.58. The Labute approximate surface area is 219 Å². The number of fused-ring (bicyclic) bond motifs is 1. The number of nitrogens with one attached hydrogen (secondary N) is 2. The summed E-state index contributed by atoms with van der Waals surface area (Å²) < 4.78 is 6.99. The molecule has 9 nitrogen and oxygen atoms in total. The molecule has 3 amide bonds. The van der Waals surface area contributed by atoms with Gasteiger partial charge in [-0.05, 0) is 50.5 Å². The first-order chi connectivity index (χ1) is 17.7. The van der Waals surface area contributed by atoms with Gasteiger partial charge in [0.25, 0.3) is 11.8 Å². The lowest BCUT2D eigenvalue weighted by Crippen LogP contribution is -2.64. The maximum Gasteiger partial charge on any atom is 0.276 e. The van der Waals surface area contributed by atoms with Crippen molar-refractivity contribution in [1.82, 2.24) is 19.8 Å². The third kappa shape index (κ3) is 4.44. The number of carbonyl (C=O) groups is 3. The normalized spacial score (nSPS) is 18.8. The molecule has 1 fully saturated rings. The van der Waals surface area contributed by atoms with Crippen molar-refractivity contribution in [2.75, 3.05) is 12.4 Å². The van der Waals surface area contributed by atoms with Crippen LogP contribution in [0.5, 0.6) is 5.75 Å². The summed E-state index contributed by atoms with van der Waals surface area (Å²) >= 11 is 6.19. The second kappa shape index (κ2) is 9.55. The zero-order chi connectivity index (χ0) is 26.3. The molecule has 5 rings (SSSR count). The lowest BCUT2D eigenvalue weighted by Gasteiger charge is -2.44. The Morgan fingerprint density at radius 1 is 1.19 bits per heavy atom. The predicted molar refractivity (Wildman–Crippen MR) is 139 cm³/mol. The van der Waals surface area contributed by atoms with Gasteiger partial charge in [0.2, 0.25) is 5.91 Å². The number of hydrogen-bond acceptors (Lipinski definition) is 5. The van der Waals surface area contributed by atoms with E-state index in [0.29, 0.717) is 16.5 Å². The molecule has 192 valence electrons. The fourth-order valence-electron chi connectivity index (χ4n) is 4.86. The number of halogens is 1. The number of carbonyl (C=O) groups excluding carboxylic acids is 3. The lowest BCUT2D eigenvalue weighted by atomic mass is 9.93. The van der Waals surface area contributed by atoms with Gasteiger partial charge >= 0.3 is 0 Å². The minimum Gasteiger partial charge on any atom is -0.496 e. The van der Waals surface area contributed by atoms with E-state index < -0.39 is 11.4 Å². The molecular weight excluding hydrogens is 494 g/mol. The number of methoxy groups -OCH3 is 1. The number of hydrogen-bond donors (Lipinski definition) is 2. The highest BCUT2D eigenvalue weighted by Crippen LogP contribution is 2.39. The zero-order valence-corrected chi connectivity index (χ0v) is 21.6. The van der Waals surface area contributed by atoms with Crippen LogP contribution in [0.4, 0.5) is 5.69 Å². The topological polar surface area (TPSA) is 106 Å². The summed E-state index contributed by atoms with van der Waals surface area (Å²) in [6, 6.07) is 12.6. The number of aromatic nitrogens is 2. The van der Waals surface area contributed by atoms with E-state index in [1.54, 1.807) is 48.6 Å². The van der Waals surface area contributed by atoms with E-state index in [-0.39, 0.29) is 42.3 Å². The van der Waals surface area contributed by atoms with Gasteiger partial charge in [0.1, 0.15) is 17.0 Å². The van der Waals surface area contributed by atoms with Crippen LogP contribution in [0.15, 0.2) is 48.8 Å². The third-order valence-electron chi connectivity index (χ3n) is 7.03. The lowest BCUT2D eigenvalue weighted by molar-refractivity contribution is -0.133. The highest BCUT2D eigenvalue weighted by atomic mass is 35.5. The maximum absolute atomic E-state index is 13.8. The largest absolute Gasteiger partial charge is 0.496 e. The molecule has 1 aromatic heterocycles. The van der Waals surface area contributed by atoms with Gasteiger partial charge in [0, 0.05) is 28.9 Å². The van der Waals surface area contributed by atoms with Crippen molar-refractivity contribution in [3.8, 4) is 5.75 Å². The van der Waals surface area contributed by atoms with Gasteiger partial charge in [-0.25, -0.2) is 4.98 Å². The Morgan fingerprint density at radius 3 is 2.68 bits per heavy atom. The number of para-hydroxylation sites is 1. The van der Waals surface area contributed by atoms with Crippen molar-refractivity contribution in [1.29, 1.82) is 0 Å². The van der Waals surface area contributed by atoms with Crippen LogP contribution in [-0.4, -0.2) is 50.9 Å². The quantitative estimate of drug-likeness (QED) is 0.492. The maximum atomic E-state index is 13.8. The molecular formula is C27H28ClN5O4. The summed E-state index contributed by atoms with van der Waals surface area (Å²) in [6.45, 7) is 4.00. The van der Waals surface area contributed by atoms with Crippen LogP contribution in [0.2, 0.25) is 5.02 Å². The fourth-order valence-corrected chi connectivity index (χ4v) is 5.04. The Hall–Kier alpha value is -3.85. The monoisotopic (exact) mass is 521 g/mol. The van der Waals surface area contributed by atoms with Gasteiger partial charge in [-0.15, -0.1) is 0 Å². The first kappa shape index (κ1) is 24.8. The van der Waals surface area contributed by atoms with E-state index in [4.69, 9.17) is 16.3 Å². The molecule has 2 N–H and O–H groups in total. The Balaban J connectivity index is 1.41. The van der Waals surface area contributed by atoms with Gasteiger partial charge < -0.3 is 24.8 Å². The van der Waals surface area contributed by atoms with Crippen LogP contribution in [0.1, 0.15) is 51.9 Å². The van der Waals surface area contributed by atoms with Gasteiger partial charge in [0.05, 0.1) is 20.0 Å². The number of rotatable bonds is 7. The Kier molecular flexibility index (Phi) is 6.41. The number of ether oxygens (including phenoxy) is 1. The number of nitrogens with zero attached hydrogens (tertiary/aromatic N) is 3. The standard InChI is InChI=1S/C27H28ClN5O4/c1-16-19(28)8-6-9-20(16)31-24(34)22-23-25(35)33(18-11-12-18)27(2,14-32(23)15-30-22)26(36)29-13-17-7-4-5-10-21(17)37-3/h4-10,15,18H,11-14H2,1-3H3,(H,29,36)(H,31,34). The first-order valence-corrected chi connectivity index (χ1v) is 12.5. The van der Waals surface area contributed by atoms with Gasteiger partial charge in [-0.3, -0.25) is 14.4 Å². The minimum atomic E-state index is -1.15. The van der Waals surface area contributed by atoms with E-state index in [9.17, 15) is 14.4 Å². The Bertz CT molecular complexity index is 1400. The van der Waals surface area contributed by atoms with Crippen LogP contribution < -0.4 is 15.4 Å². The van der Waals surface area contributed by atoms with E-state index >= 15 is 0 Å². The second-order valence-corrected chi connectivity index (χ2v) is 10.0. The summed E-state index contributed by atoms with van der Waals surface area (Å²) in [5.74, 6) is -0.491. The molecule has 1 unspecified atom stereocenters. The highest BCUT2D eigenvalue weighted by Gasteiger charge is 2.53. The molecule has 0 spiro atoms. The number of anilines is 1. The molecule has 2 heterocycles. The Morgan fingerprint density at radius 2 is 1.95 bits per heavy atom. The highest BCUT2D eigenvalue weighted by molar-refractivity contribution is 6.31. The first-order valence-electron chi connectivity index (χ1n) is 12.1. The van der Waals surface area contributed by atoms with Crippen LogP contribution in [0.25, 0.3) is 0 Å². The fraction of sp³-hybridized carbons (Fsp3) is 0.333. The molecule has 3 aromatic rings. The van der Waals surface area contributed by atoms with Gasteiger partial charge in [0.15, 0.2) is 5.69 Å². The molecule has 1 aliphatic heterocycles. The van der Waals surface area contributed by atoms with Crippen LogP contribution in [-0.2, 0) is 17.9 Å². The van der Waals surface area contributed by atoms with E-state index in [2.05, 4.69) is 15.6 Å². The summed E-state index contributed by atoms with van der Waals surface area (Å²) in [4.78, 5) is 46.5. The number of benzene rings is 2. The number of imidazole rings is 1. The molecule has 0 radical (unpaired) electrons. The SMILES string of the molecule is COc1ccccc1CNC(=O)C1(C)Cn2cnc(C(=O)Nc3cccc(Cl)c3C)c2C(=O)N1C1CC1. The van der Waals surface area contributed by atoms with E-state index in [0.717, 1.165) is 24.0 Å². The summed E-state index contributed by atoms with van der Waals surface area (Å²) in [5.41, 5.74) is 1.15. The molecule has 1 saturated carbocycles. The van der Waals surface area contributed by atoms with Gasteiger partial charge in [-0.1, -0.05) is 35.9 Å². The molecule has 1 atom stereocenters. The van der Waals surface area contributed by atoms with Crippen molar-refractivity contribution in [2.24, 2.45) is 0 Å². The molecule has 1 aliphatic carbocycles. The van der Waals surface area contributed by atoms with Gasteiger partial charge in [-0.2, -0.15) is 0 Å². The molecule has 2 aromatic carbocycles. The van der Waals surface area contributed by atoms with Crippen molar-refractivity contribution in [3.63, 3.8) is 0 Å². The van der Waals surface area contributed by atoms with Crippen molar-refractivity contribution in [2.45, 2.75) is 51.4 Å². The summed E-state index contributed by atoms with van der Waals surface area (Å²) in [5, 5.41) is 6.32. The second-order valence-electron chi connectivity index (χ2n) is 9.61. The molecule has 37 heavy (non-hydrogen) atoms. The van der Waals surface area contributed by atoms with Crippen molar-refractivity contribution >= 4 is 35.0 Å². The van der Waals surface area contributed by atoms with Crippen molar-refractivity contribution < 1.29 is 19.1 Å². The average Bonchev–Trinajstić information content (AvgIpc) is 3.62. The van der Waals surface area contributed by atoms with Crippen molar-refractivity contribution in [3.05, 3.63) is 76.3 Å². The molecule has 2 aliphatic rings. The van der Waals surface area contributed by atoms with E-state index in [1.807, 2.05) is 24.3 Å². The molecule has 0 bridgehead atoms. The number of amides is 3. The van der Waals surface area contributed by atoms with E-state index in [1.165, 1.54) is 6.33 Å². The van der Waals surface area contributed by atoms with Crippen LogP contribution in [0.3, 0.4) is 0 Å². The third-order valence-corrected chi connectivity index (χ3v) is 7.44. The van der Waals surface area contributed by atoms with Crippen LogP contribution >= 0.6 is 11.6 Å². The zero-order valence-electron chi connectivity index (χ0n) is 20.9. The molecule has 0 saturated heterocycles.